The first kappa shape index (κ1) is 24.8. The largest absolute Gasteiger partial charge is 0.463 e. The van der Waals surface area contributed by atoms with Gasteiger partial charge in [0.25, 0.3) is 5.91 Å². The van der Waals surface area contributed by atoms with Gasteiger partial charge < -0.3 is 13.9 Å². The predicted molar refractivity (Wildman–Crippen MR) is 135 cm³/mol. The normalized spacial score (nSPS) is 12.7. The van der Waals surface area contributed by atoms with Gasteiger partial charge in [0, 0.05) is 11.6 Å². The molecule has 0 unspecified atom stereocenters. The standard InChI is InChI=1S/C25H31N5O4S/c1-3-5-8-19(9-6-4-2)30-24(18-11-12-21-22(14-18)34-17-33-21)28-29-25(30)35-16-23(31)27-26-15-20-10-7-13-32-20/h7,10-15,19H,3-6,8-9,16-17H2,1-2H3,(H,27,31)/b26-15+. The molecular weight excluding hydrogens is 466 g/mol. The first-order chi connectivity index (χ1) is 17.2. The van der Waals surface area contributed by atoms with Gasteiger partial charge in [-0.2, -0.15) is 5.10 Å². The molecule has 3 aromatic rings. The molecule has 1 N–H and O–H groups in total. The molecule has 10 heteroatoms. The number of amides is 1. The van der Waals surface area contributed by atoms with Crippen LogP contribution in [0.3, 0.4) is 0 Å². The van der Waals surface area contributed by atoms with Crippen LogP contribution >= 0.6 is 11.8 Å². The van der Waals surface area contributed by atoms with Gasteiger partial charge in [-0.1, -0.05) is 51.3 Å². The van der Waals surface area contributed by atoms with E-state index in [-0.39, 0.29) is 24.5 Å². The summed E-state index contributed by atoms with van der Waals surface area (Å²) in [5.41, 5.74) is 3.45. The van der Waals surface area contributed by atoms with Crippen molar-refractivity contribution in [1.29, 1.82) is 0 Å². The number of hydrogen-bond acceptors (Lipinski definition) is 8. The number of rotatable bonds is 13. The van der Waals surface area contributed by atoms with Crippen LogP contribution in [0.25, 0.3) is 11.4 Å². The summed E-state index contributed by atoms with van der Waals surface area (Å²) in [5.74, 6) is 2.73. The highest BCUT2D eigenvalue weighted by Gasteiger charge is 2.24. The van der Waals surface area contributed by atoms with Crippen LogP contribution < -0.4 is 14.9 Å². The van der Waals surface area contributed by atoms with E-state index >= 15 is 0 Å². The molecule has 3 heterocycles. The average Bonchev–Trinajstić information content (AvgIpc) is 3.63. The summed E-state index contributed by atoms with van der Waals surface area (Å²) in [4.78, 5) is 12.4. The molecule has 9 nitrogen and oxygen atoms in total. The Morgan fingerprint density at radius 2 is 1.97 bits per heavy atom. The number of thioether (sulfide) groups is 1. The number of unbranched alkanes of at least 4 members (excludes halogenated alkanes) is 2. The molecule has 2 aromatic heterocycles. The monoisotopic (exact) mass is 497 g/mol. The van der Waals surface area contributed by atoms with Gasteiger partial charge in [-0.05, 0) is 43.2 Å². The summed E-state index contributed by atoms with van der Waals surface area (Å²) >= 11 is 1.36. The fraction of sp³-hybridized carbons (Fsp3) is 0.440. The number of furan rings is 1. The number of hydrazone groups is 1. The Morgan fingerprint density at radius 1 is 1.17 bits per heavy atom. The van der Waals surface area contributed by atoms with Crippen molar-refractivity contribution in [3.05, 3.63) is 42.4 Å². The molecule has 0 atom stereocenters. The number of nitrogens with zero attached hydrogens (tertiary/aromatic N) is 4. The molecule has 0 bridgehead atoms. The zero-order valence-electron chi connectivity index (χ0n) is 20.1. The van der Waals surface area contributed by atoms with Crippen LogP contribution in [-0.4, -0.2) is 39.4 Å². The van der Waals surface area contributed by atoms with Crippen molar-refractivity contribution >= 4 is 23.9 Å². The zero-order chi connectivity index (χ0) is 24.5. The maximum Gasteiger partial charge on any atom is 0.250 e. The van der Waals surface area contributed by atoms with E-state index in [0.29, 0.717) is 11.5 Å². The van der Waals surface area contributed by atoms with Crippen LogP contribution in [-0.2, 0) is 4.79 Å². The molecule has 1 amide bonds. The maximum atomic E-state index is 12.4. The van der Waals surface area contributed by atoms with Crippen molar-refractivity contribution < 1.29 is 18.7 Å². The van der Waals surface area contributed by atoms with Crippen LogP contribution in [0.4, 0.5) is 0 Å². The minimum atomic E-state index is -0.226. The van der Waals surface area contributed by atoms with Crippen LogP contribution in [0.15, 0.2) is 51.3 Å². The van der Waals surface area contributed by atoms with Gasteiger partial charge >= 0.3 is 0 Å². The number of carbonyl (C=O) groups is 1. The Morgan fingerprint density at radius 3 is 2.71 bits per heavy atom. The van der Waals surface area contributed by atoms with Gasteiger partial charge in [0.15, 0.2) is 22.5 Å². The molecule has 186 valence electrons. The maximum absolute atomic E-state index is 12.4. The molecule has 0 aliphatic carbocycles. The van der Waals surface area contributed by atoms with E-state index in [2.05, 4.69) is 39.1 Å². The number of fused-ring (bicyclic) bond motifs is 1. The second-order valence-electron chi connectivity index (χ2n) is 8.28. The Hall–Kier alpha value is -3.27. The van der Waals surface area contributed by atoms with E-state index in [1.807, 2.05) is 18.2 Å². The molecule has 0 radical (unpaired) electrons. The molecule has 1 aliphatic rings. The first-order valence-corrected chi connectivity index (χ1v) is 13.0. The molecule has 1 aliphatic heterocycles. The van der Waals surface area contributed by atoms with Crippen molar-refractivity contribution in [2.75, 3.05) is 12.5 Å². The highest BCUT2D eigenvalue weighted by atomic mass is 32.2. The van der Waals surface area contributed by atoms with Crippen molar-refractivity contribution in [3.8, 4) is 22.9 Å². The summed E-state index contributed by atoms with van der Waals surface area (Å²) in [5, 5.41) is 13.7. The van der Waals surface area contributed by atoms with E-state index < -0.39 is 0 Å². The van der Waals surface area contributed by atoms with Crippen molar-refractivity contribution in [1.82, 2.24) is 20.2 Å². The van der Waals surface area contributed by atoms with E-state index in [1.165, 1.54) is 18.0 Å². The van der Waals surface area contributed by atoms with Crippen LogP contribution in [0.1, 0.15) is 64.2 Å². The second kappa shape index (κ2) is 12.4. The van der Waals surface area contributed by atoms with E-state index in [4.69, 9.17) is 13.9 Å². The van der Waals surface area contributed by atoms with Crippen molar-refractivity contribution in [2.24, 2.45) is 5.10 Å². The molecule has 0 saturated carbocycles. The highest BCUT2D eigenvalue weighted by Crippen LogP contribution is 2.38. The third kappa shape index (κ3) is 6.45. The predicted octanol–water partition coefficient (Wildman–Crippen LogP) is 5.43. The average molecular weight is 498 g/mol. The van der Waals surface area contributed by atoms with E-state index in [1.54, 1.807) is 18.4 Å². The van der Waals surface area contributed by atoms with Crippen molar-refractivity contribution in [3.63, 3.8) is 0 Å². The SMILES string of the molecule is CCCCC(CCCC)n1c(SCC(=O)N/N=C/c2ccco2)nnc1-c1ccc2c(c1)OCO2. The lowest BCUT2D eigenvalue weighted by Gasteiger charge is -2.22. The fourth-order valence-corrected chi connectivity index (χ4v) is 4.71. The lowest BCUT2D eigenvalue weighted by Crippen LogP contribution is -2.20. The smallest absolute Gasteiger partial charge is 0.250 e. The minimum Gasteiger partial charge on any atom is -0.463 e. The Bertz CT molecular complexity index is 1120. The highest BCUT2D eigenvalue weighted by molar-refractivity contribution is 7.99. The fourth-order valence-electron chi connectivity index (χ4n) is 3.91. The number of aromatic nitrogens is 3. The summed E-state index contributed by atoms with van der Waals surface area (Å²) in [6.45, 7) is 4.62. The summed E-state index contributed by atoms with van der Waals surface area (Å²) in [7, 11) is 0. The number of nitrogens with one attached hydrogen (secondary N) is 1. The van der Waals surface area contributed by atoms with Gasteiger partial charge in [-0.25, -0.2) is 5.43 Å². The van der Waals surface area contributed by atoms with Crippen molar-refractivity contribution in [2.45, 2.75) is 63.6 Å². The number of hydrogen-bond donors (Lipinski definition) is 1. The molecule has 4 rings (SSSR count). The van der Waals surface area contributed by atoms with E-state index in [9.17, 15) is 4.79 Å². The summed E-state index contributed by atoms with van der Waals surface area (Å²) < 4.78 is 18.4. The van der Waals surface area contributed by atoms with E-state index in [0.717, 1.165) is 60.8 Å². The van der Waals surface area contributed by atoms with Gasteiger partial charge in [0.05, 0.1) is 18.2 Å². The summed E-state index contributed by atoms with van der Waals surface area (Å²) in [6, 6.07) is 9.60. The number of benzene rings is 1. The molecule has 0 fully saturated rings. The third-order valence-corrected chi connectivity index (χ3v) is 6.64. The molecule has 0 spiro atoms. The quantitative estimate of drug-likeness (QED) is 0.191. The zero-order valence-corrected chi connectivity index (χ0v) is 20.9. The van der Waals surface area contributed by atoms with Gasteiger partial charge in [0.1, 0.15) is 5.76 Å². The van der Waals surface area contributed by atoms with Crippen LogP contribution in [0.5, 0.6) is 11.5 Å². The number of carbonyl (C=O) groups excluding carboxylic acids is 1. The molecular formula is C25H31N5O4S. The first-order valence-electron chi connectivity index (χ1n) is 12.0. The topological polar surface area (TPSA) is 104 Å². The minimum absolute atomic E-state index is 0.170. The van der Waals surface area contributed by atoms with Crippen LogP contribution in [0.2, 0.25) is 0 Å². The lowest BCUT2D eigenvalue weighted by atomic mass is 10.0. The second-order valence-corrected chi connectivity index (χ2v) is 9.22. The van der Waals surface area contributed by atoms with Gasteiger partial charge in [-0.3, -0.25) is 9.36 Å². The van der Waals surface area contributed by atoms with Crippen LogP contribution in [0, 0.1) is 0 Å². The molecule has 1 aromatic carbocycles. The lowest BCUT2D eigenvalue weighted by molar-refractivity contribution is -0.118. The Labute approximate surface area is 209 Å². The number of ether oxygens (including phenoxy) is 2. The molecule has 0 saturated heterocycles. The third-order valence-electron chi connectivity index (χ3n) is 5.70. The molecule has 35 heavy (non-hydrogen) atoms. The van der Waals surface area contributed by atoms with Gasteiger partial charge in [0.2, 0.25) is 6.79 Å². The Balaban J connectivity index is 1.55. The summed E-state index contributed by atoms with van der Waals surface area (Å²) in [6.07, 6.45) is 9.52. The van der Waals surface area contributed by atoms with Gasteiger partial charge in [-0.15, -0.1) is 10.2 Å². The Kier molecular flexibility index (Phi) is 8.83.